The Kier molecular flexibility index (Phi) is 6.81. The van der Waals surface area contributed by atoms with Gasteiger partial charge >= 0.3 is 0 Å². The molecule has 0 aromatic heterocycles. The highest BCUT2D eigenvalue weighted by Crippen LogP contribution is 2.26. The summed E-state index contributed by atoms with van der Waals surface area (Å²) in [6.07, 6.45) is 1.94. The van der Waals surface area contributed by atoms with Crippen molar-refractivity contribution < 1.29 is 14.3 Å². The molecule has 0 radical (unpaired) electrons. The molecule has 3 atom stereocenters. The summed E-state index contributed by atoms with van der Waals surface area (Å²) in [4.78, 5) is 29.0. The zero-order valence-corrected chi connectivity index (χ0v) is 17.8. The number of morpholine rings is 1. The average molecular weight is 432 g/mol. The average Bonchev–Trinajstić information content (AvgIpc) is 3.19. The molecule has 162 valence electrons. The fraction of sp³-hybridized carbons (Fsp3) is 0.571. The minimum absolute atomic E-state index is 0.0667. The number of carbonyl (C=O) groups is 2. The minimum Gasteiger partial charge on any atom is -0.378 e. The van der Waals surface area contributed by atoms with E-state index in [1.54, 1.807) is 0 Å². The van der Waals surface area contributed by atoms with Crippen LogP contribution in [-0.2, 0) is 14.3 Å². The number of nitrogens with one attached hydrogen (secondary N) is 3. The Morgan fingerprint density at radius 1 is 1.23 bits per heavy atom. The fourth-order valence-corrected chi connectivity index (χ4v) is 4.77. The number of nitrogens with zero attached hydrogens (tertiary/aromatic N) is 2. The molecule has 3 saturated heterocycles. The lowest BCUT2D eigenvalue weighted by atomic mass is 10.0. The highest BCUT2D eigenvalue weighted by atomic mass is 32.1. The Bertz CT molecular complexity index is 771. The molecule has 3 aliphatic heterocycles. The first kappa shape index (κ1) is 21.0. The topological polar surface area (TPSA) is 85.9 Å². The molecular weight excluding hydrogens is 402 g/mol. The number of para-hydroxylation sites is 1. The third-order valence-corrected chi connectivity index (χ3v) is 6.26. The van der Waals surface area contributed by atoms with Gasteiger partial charge in [0, 0.05) is 50.4 Å². The van der Waals surface area contributed by atoms with Crippen molar-refractivity contribution in [3.8, 4) is 0 Å². The van der Waals surface area contributed by atoms with Crippen LogP contribution in [0.3, 0.4) is 0 Å². The number of anilines is 1. The molecule has 0 spiro atoms. The predicted molar refractivity (Wildman–Crippen MR) is 118 cm³/mol. The van der Waals surface area contributed by atoms with Crippen LogP contribution in [0.5, 0.6) is 0 Å². The molecule has 3 N–H and O–H groups in total. The van der Waals surface area contributed by atoms with Gasteiger partial charge in [0.25, 0.3) is 0 Å². The number of carbonyl (C=O) groups excluding carboxylic acids is 2. The number of hydrogen-bond donors (Lipinski definition) is 3. The van der Waals surface area contributed by atoms with Crippen LogP contribution in [0.4, 0.5) is 5.69 Å². The summed E-state index contributed by atoms with van der Waals surface area (Å²) < 4.78 is 5.32. The largest absolute Gasteiger partial charge is 0.378 e. The summed E-state index contributed by atoms with van der Waals surface area (Å²) in [6, 6.07) is 9.88. The molecule has 0 aliphatic carbocycles. The van der Waals surface area contributed by atoms with Gasteiger partial charge in [-0.25, -0.2) is 0 Å². The summed E-state index contributed by atoms with van der Waals surface area (Å²) in [5.74, 6) is 0.242. The maximum Gasteiger partial charge on any atom is 0.237 e. The first-order chi connectivity index (χ1) is 14.6. The number of ether oxygens (including phenoxy) is 1. The van der Waals surface area contributed by atoms with Gasteiger partial charge in [0.15, 0.2) is 5.11 Å². The van der Waals surface area contributed by atoms with E-state index in [1.165, 1.54) is 0 Å². The van der Waals surface area contributed by atoms with Crippen LogP contribution >= 0.6 is 12.2 Å². The third kappa shape index (κ3) is 5.08. The van der Waals surface area contributed by atoms with Crippen molar-refractivity contribution in [3.05, 3.63) is 30.3 Å². The molecule has 2 amide bonds. The number of fused-ring (bicyclic) bond motifs is 1. The third-order valence-electron chi connectivity index (χ3n) is 6.04. The molecule has 1 aromatic carbocycles. The maximum absolute atomic E-state index is 12.5. The second-order valence-electron chi connectivity index (χ2n) is 8.04. The first-order valence-corrected chi connectivity index (χ1v) is 11.0. The highest BCUT2D eigenvalue weighted by molar-refractivity contribution is 7.80. The highest BCUT2D eigenvalue weighted by Gasteiger charge is 2.43. The standard InChI is InChI=1S/C21H29N5O3S/c27-19(25-8-10-29-11-9-25)7-6-17-13-22-20(28)18-12-16(14-26(17)18)24-21(30)23-15-4-2-1-3-5-15/h1-5,16-18H,6-14H2,(H,22,28)(H2,23,24,30). The van der Waals surface area contributed by atoms with E-state index < -0.39 is 0 Å². The maximum atomic E-state index is 12.5. The fourth-order valence-electron chi connectivity index (χ4n) is 4.48. The van der Waals surface area contributed by atoms with Gasteiger partial charge in [-0.15, -0.1) is 0 Å². The number of hydrogen-bond acceptors (Lipinski definition) is 5. The predicted octanol–water partition coefficient (Wildman–Crippen LogP) is 0.553. The van der Waals surface area contributed by atoms with Gasteiger partial charge in [-0.3, -0.25) is 14.5 Å². The molecule has 9 heteroatoms. The lowest BCUT2D eigenvalue weighted by Gasteiger charge is -2.37. The van der Waals surface area contributed by atoms with Crippen molar-refractivity contribution >= 4 is 34.8 Å². The Morgan fingerprint density at radius 3 is 2.77 bits per heavy atom. The van der Waals surface area contributed by atoms with Gasteiger partial charge < -0.3 is 25.6 Å². The second kappa shape index (κ2) is 9.72. The normalized spacial score (nSPS) is 26.6. The molecule has 3 fully saturated rings. The molecule has 0 bridgehead atoms. The van der Waals surface area contributed by atoms with Crippen molar-refractivity contribution in [2.24, 2.45) is 0 Å². The molecule has 0 saturated carbocycles. The Morgan fingerprint density at radius 2 is 2.00 bits per heavy atom. The number of thiocarbonyl (C=S) groups is 1. The van der Waals surface area contributed by atoms with Gasteiger partial charge in [0.2, 0.25) is 11.8 Å². The van der Waals surface area contributed by atoms with Crippen LogP contribution < -0.4 is 16.0 Å². The van der Waals surface area contributed by atoms with Gasteiger partial charge in [-0.2, -0.15) is 0 Å². The van der Waals surface area contributed by atoms with Crippen molar-refractivity contribution in [1.82, 2.24) is 20.4 Å². The molecule has 8 nitrogen and oxygen atoms in total. The molecule has 30 heavy (non-hydrogen) atoms. The lowest BCUT2D eigenvalue weighted by Crippen LogP contribution is -2.58. The van der Waals surface area contributed by atoms with Crippen molar-refractivity contribution in [2.45, 2.75) is 37.4 Å². The second-order valence-corrected chi connectivity index (χ2v) is 8.45. The van der Waals surface area contributed by atoms with E-state index in [1.807, 2.05) is 35.2 Å². The molecular formula is C21H29N5O3S. The number of piperazine rings is 1. The molecule has 4 rings (SSSR count). The van der Waals surface area contributed by atoms with Gasteiger partial charge in [-0.1, -0.05) is 18.2 Å². The zero-order chi connectivity index (χ0) is 20.9. The summed E-state index contributed by atoms with van der Waals surface area (Å²) in [5, 5.41) is 10.1. The van der Waals surface area contributed by atoms with E-state index in [-0.39, 0.29) is 29.9 Å². The summed E-state index contributed by atoms with van der Waals surface area (Å²) in [5.41, 5.74) is 0.933. The Hall–Kier alpha value is -2.23. The van der Waals surface area contributed by atoms with Crippen molar-refractivity contribution in [2.75, 3.05) is 44.7 Å². The van der Waals surface area contributed by atoms with Crippen LogP contribution in [0.1, 0.15) is 19.3 Å². The van der Waals surface area contributed by atoms with E-state index in [0.29, 0.717) is 50.8 Å². The zero-order valence-electron chi connectivity index (χ0n) is 17.0. The monoisotopic (exact) mass is 431 g/mol. The van der Waals surface area contributed by atoms with Crippen molar-refractivity contribution in [1.29, 1.82) is 0 Å². The Labute approximate surface area is 182 Å². The minimum atomic E-state index is -0.167. The smallest absolute Gasteiger partial charge is 0.237 e. The molecule has 3 unspecified atom stereocenters. The van der Waals surface area contributed by atoms with Crippen LogP contribution in [-0.4, -0.2) is 84.2 Å². The molecule has 3 aliphatic rings. The van der Waals surface area contributed by atoms with E-state index in [0.717, 1.165) is 18.7 Å². The number of benzene rings is 1. The summed E-state index contributed by atoms with van der Waals surface area (Å²) >= 11 is 5.45. The van der Waals surface area contributed by atoms with Gasteiger partial charge in [0.1, 0.15) is 0 Å². The van der Waals surface area contributed by atoms with Crippen LogP contribution in [0.15, 0.2) is 30.3 Å². The van der Waals surface area contributed by atoms with Crippen LogP contribution in [0.25, 0.3) is 0 Å². The van der Waals surface area contributed by atoms with E-state index in [4.69, 9.17) is 17.0 Å². The molecule has 1 aromatic rings. The van der Waals surface area contributed by atoms with E-state index >= 15 is 0 Å². The lowest BCUT2D eigenvalue weighted by molar-refractivity contribution is -0.135. The number of amides is 2. The van der Waals surface area contributed by atoms with E-state index in [2.05, 4.69) is 20.9 Å². The Balaban J connectivity index is 1.29. The summed E-state index contributed by atoms with van der Waals surface area (Å²) in [6.45, 7) is 3.90. The van der Waals surface area contributed by atoms with Crippen molar-refractivity contribution in [3.63, 3.8) is 0 Å². The first-order valence-electron chi connectivity index (χ1n) is 10.6. The van der Waals surface area contributed by atoms with Gasteiger partial charge in [0.05, 0.1) is 19.3 Å². The number of rotatable bonds is 5. The summed E-state index contributed by atoms with van der Waals surface area (Å²) in [7, 11) is 0. The van der Waals surface area contributed by atoms with Crippen LogP contribution in [0.2, 0.25) is 0 Å². The van der Waals surface area contributed by atoms with E-state index in [9.17, 15) is 9.59 Å². The molecule has 3 heterocycles. The van der Waals surface area contributed by atoms with Gasteiger partial charge in [-0.05, 0) is 37.2 Å². The SMILES string of the molecule is O=C1NCC(CCC(=O)N2CCOCC2)N2CC(NC(=S)Nc3ccccc3)CC12. The van der Waals surface area contributed by atoms with Crippen LogP contribution in [0, 0.1) is 0 Å². The quantitative estimate of drug-likeness (QED) is 0.587.